The Morgan fingerprint density at radius 1 is 1.38 bits per heavy atom. The number of nitrogens with two attached hydrogens (primary N) is 1. The van der Waals surface area contributed by atoms with Crippen LogP contribution in [0.3, 0.4) is 0 Å². The van der Waals surface area contributed by atoms with Gasteiger partial charge in [-0.1, -0.05) is 26.7 Å². The second-order valence-corrected chi connectivity index (χ2v) is 3.87. The normalized spacial score (nSPS) is 11.4. The van der Waals surface area contributed by atoms with Crippen LogP contribution in [0.2, 0.25) is 0 Å². The van der Waals surface area contributed by atoms with Gasteiger partial charge in [-0.15, -0.1) is 0 Å². The molecule has 0 aliphatic carbocycles. The van der Waals surface area contributed by atoms with E-state index in [0.29, 0.717) is 0 Å². The Hall–Kier alpha value is -0.180. The maximum Gasteiger partial charge on any atom is 0.220 e. The molecule has 0 aliphatic heterocycles. The van der Waals surface area contributed by atoms with Gasteiger partial charge in [0.05, 0.1) is 0 Å². The third kappa shape index (κ3) is 11.8. The number of primary amides is 1. The number of rotatable bonds is 5. The summed E-state index contributed by atoms with van der Waals surface area (Å²) in [6, 6.07) is 0. The van der Waals surface area contributed by atoms with E-state index in [2.05, 4.69) is 6.92 Å². The molecule has 80 valence electrons. The van der Waals surface area contributed by atoms with Gasteiger partial charge in [0.2, 0.25) is 5.91 Å². The van der Waals surface area contributed by atoms with Gasteiger partial charge in [-0.05, 0) is 25.4 Å². The number of hydrogen-bond donors (Lipinski definition) is 1. The van der Waals surface area contributed by atoms with Gasteiger partial charge in [0, 0.05) is 5.92 Å². The number of amides is 1. The molecule has 0 aromatic carbocycles. The quantitative estimate of drug-likeness (QED) is 0.750. The van der Waals surface area contributed by atoms with E-state index in [4.69, 9.17) is 5.73 Å². The summed E-state index contributed by atoms with van der Waals surface area (Å²) in [4.78, 5) is 10.7. The van der Waals surface area contributed by atoms with Crippen LogP contribution in [0.25, 0.3) is 0 Å². The molecule has 0 heterocycles. The van der Waals surface area contributed by atoms with Crippen molar-refractivity contribution in [2.75, 3.05) is 12.5 Å². The molecule has 1 amide bonds. The lowest BCUT2D eigenvalue weighted by atomic mass is 9.99. The SMILES string of the molecule is CCCCC(CC)C(N)=O.CSC. The molecule has 0 bridgehead atoms. The summed E-state index contributed by atoms with van der Waals surface area (Å²) in [7, 11) is 0. The molecule has 2 nitrogen and oxygen atoms in total. The number of carbonyl (C=O) groups excluding carboxylic acids is 1. The molecule has 0 saturated carbocycles. The molecule has 1 unspecified atom stereocenters. The Bertz CT molecular complexity index is 117. The van der Waals surface area contributed by atoms with Crippen LogP contribution in [0.4, 0.5) is 0 Å². The van der Waals surface area contributed by atoms with Crippen molar-refractivity contribution in [1.82, 2.24) is 0 Å². The van der Waals surface area contributed by atoms with Crippen LogP contribution >= 0.6 is 11.8 Å². The standard InChI is InChI=1S/C8H17NO.C2H6S/c1-3-5-6-7(4-2)8(9)10;1-3-2/h7H,3-6H2,1-2H3,(H2,9,10);1-2H3. The van der Waals surface area contributed by atoms with Gasteiger partial charge in [-0.2, -0.15) is 11.8 Å². The number of carbonyl (C=O) groups is 1. The van der Waals surface area contributed by atoms with Gasteiger partial charge in [0.15, 0.2) is 0 Å². The average Bonchev–Trinajstić information content (AvgIpc) is 2.06. The van der Waals surface area contributed by atoms with Gasteiger partial charge in [0.1, 0.15) is 0 Å². The van der Waals surface area contributed by atoms with Gasteiger partial charge in [-0.3, -0.25) is 4.79 Å². The van der Waals surface area contributed by atoms with Crippen LogP contribution < -0.4 is 5.73 Å². The zero-order valence-corrected chi connectivity index (χ0v) is 10.1. The molecule has 13 heavy (non-hydrogen) atoms. The fourth-order valence-corrected chi connectivity index (χ4v) is 0.998. The monoisotopic (exact) mass is 205 g/mol. The van der Waals surface area contributed by atoms with E-state index in [1.807, 2.05) is 19.4 Å². The largest absolute Gasteiger partial charge is 0.369 e. The number of unbranched alkanes of at least 4 members (excludes halogenated alkanes) is 1. The second kappa shape index (κ2) is 11.8. The zero-order chi connectivity index (χ0) is 10.7. The summed E-state index contributed by atoms with van der Waals surface area (Å²) in [5.41, 5.74) is 5.15. The Balaban J connectivity index is 0. The van der Waals surface area contributed by atoms with Gasteiger partial charge >= 0.3 is 0 Å². The maximum absolute atomic E-state index is 10.7. The molecule has 0 aromatic heterocycles. The summed E-state index contributed by atoms with van der Waals surface area (Å²) in [6.07, 6.45) is 8.18. The number of thioether (sulfide) groups is 1. The zero-order valence-electron chi connectivity index (χ0n) is 9.30. The topological polar surface area (TPSA) is 43.1 Å². The second-order valence-electron chi connectivity index (χ2n) is 3.06. The van der Waals surface area contributed by atoms with Crippen LogP contribution in [0.15, 0.2) is 0 Å². The lowest BCUT2D eigenvalue weighted by Gasteiger charge is -2.08. The van der Waals surface area contributed by atoms with E-state index < -0.39 is 0 Å². The van der Waals surface area contributed by atoms with Gasteiger partial charge < -0.3 is 5.73 Å². The molecular formula is C10H23NOS. The molecule has 1 atom stereocenters. The molecule has 0 aliphatic rings. The Kier molecular flexibility index (Phi) is 13.9. The first-order chi connectivity index (χ1) is 6.13. The van der Waals surface area contributed by atoms with Crippen molar-refractivity contribution in [3.63, 3.8) is 0 Å². The predicted molar refractivity (Wildman–Crippen MR) is 61.9 cm³/mol. The highest BCUT2D eigenvalue weighted by atomic mass is 32.2. The first kappa shape index (κ1) is 15.3. The summed E-state index contributed by atoms with van der Waals surface area (Å²) in [5.74, 6) is -0.0316. The molecule has 0 saturated heterocycles. The molecule has 0 aromatic rings. The third-order valence-electron chi connectivity index (χ3n) is 1.80. The van der Waals surface area contributed by atoms with Crippen LogP contribution in [-0.2, 0) is 4.79 Å². The Morgan fingerprint density at radius 3 is 2.08 bits per heavy atom. The lowest BCUT2D eigenvalue weighted by molar-refractivity contribution is -0.122. The Labute approximate surface area is 86.7 Å². The van der Waals surface area contributed by atoms with Crippen molar-refractivity contribution in [2.24, 2.45) is 11.7 Å². The summed E-state index contributed by atoms with van der Waals surface area (Å²) >= 11 is 1.75. The van der Waals surface area contributed by atoms with Crippen LogP contribution in [0.5, 0.6) is 0 Å². The molecule has 0 rings (SSSR count). The third-order valence-corrected chi connectivity index (χ3v) is 1.80. The smallest absolute Gasteiger partial charge is 0.220 e. The summed E-state index contributed by atoms with van der Waals surface area (Å²) in [5, 5.41) is 0. The van der Waals surface area contributed by atoms with Gasteiger partial charge in [0.25, 0.3) is 0 Å². The van der Waals surface area contributed by atoms with Crippen molar-refractivity contribution < 1.29 is 4.79 Å². The minimum atomic E-state index is -0.143. The van der Waals surface area contributed by atoms with E-state index in [0.717, 1.165) is 25.7 Å². The lowest BCUT2D eigenvalue weighted by Crippen LogP contribution is -2.22. The van der Waals surface area contributed by atoms with Crippen molar-refractivity contribution >= 4 is 17.7 Å². The highest BCUT2D eigenvalue weighted by molar-refractivity contribution is 7.97. The first-order valence-corrected chi connectivity index (χ1v) is 6.46. The van der Waals surface area contributed by atoms with Crippen LogP contribution in [-0.4, -0.2) is 18.4 Å². The fraction of sp³-hybridized carbons (Fsp3) is 0.900. The highest BCUT2D eigenvalue weighted by Crippen LogP contribution is 2.10. The number of hydrogen-bond acceptors (Lipinski definition) is 2. The van der Waals surface area contributed by atoms with E-state index in [-0.39, 0.29) is 11.8 Å². The predicted octanol–water partition coefficient (Wildman–Crippen LogP) is 2.67. The van der Waals surface area contributed by atoms with E-state index in [1.54, 1.807) is 11.8 Å². The molecule has 0 radical (unpaired) electrons. The van der Waals surface area contributed by atoms with Crippen LogP contribution in [0, 0.1) is 5.92 Å². The fourth-order valence-electron chi connectivity index (χ4n) is 0.998. The van der Waals surface area contributed by atoms with Crippen LogP contribution in [0.1, 0.15) is 39.5 Å². The molecule has 3 heteroatoms. The summed E-state index contributed by atoms with van der Waals surface area (Å²) < 4.78 is 0. The van der Waals surface area contributed by atoms with Crippen molar-refractivity contribution in [2.45, 2.75) is 39.5 Å². The van der Waals surface area contributed by atoms with E-state index in [1.165, 1.54) is 0 Å². The summed E-state index contributed by atoms with van der Waals surface area (Å²) in [6.45, 7) is 4.12. The molecule has 0 fully saturated rings. The van der Waals surface area contributed by atoms with Crippen molar-refractivity contribution in [3.05, 3.63) is 0 Å². The molecule has 0 spiro atoms. The highest BCUT2D eigenvalue weighted by Gasteiger charge is 2.10. The molecular weight excluding hydrogens is 182 g/mol. The maximum atomic E-state index is 10.7. The van der Waals surface area contributed by atoms with Crippen molar-refractivity contribution in [3.8, 4) is 0 Å². The minimum absolute atomic E-state index is 0.111. The minimum Gasteiger partial charge on any atom is -0.369 e. The van der Waals surface area contributed by atoms with Crippen molar-refractivity contribution in [1.29, 1.82) is 0 Å². The average molecular weight is 205 g/mol. The Morgan fingerprint density at radius 2 is 1.85 bits per heavy atom. The molecule has 2 N–H and O–H groups in total. The van der Waals surface area contributed by atoms with Gasteiger partial charge in [-0.25, -0.2) is 0 Å². The van der Waals surface area contributed by atoms with E-state index >= 15 is 0 Å². The van der Waals surface area contributed by atoms with E-state index in [9.17, 15) is 4.79 Å². The first-order valence-electron chi connectivity index (χ1n) is 4.83.